The zero-order valence-electron chi connectivity index (χ0n) is 8.18. The summed E-state index contributed by atoms with van der Waals surface area (Å²) in [5.41, 5.74) is 0.623. The molecule has 0 saturated heterocycles. The van der Waals surface area contributed by atoms with E-state index in [0.717, 1.165) is 0 Å². The molecule has 1 nitrogen and oxygen atoms in total. The van der Waals surface area contributed by atoms with Gasteiger partial charge in [0.25, 0.3) is 5.92 Å². The van der Waals surface area contributed by atoms with Crippen LogP contribution >= 0.6 is 0 Å². The first-order valence-electron chi connectivity index (χ1n) is 4.18. The van der Waals surface area contributed by atoms with Crippen molar-refractivity contribution in [2.24, 2.45) is 0 Å². The second-order valence-corrected chi connectivity index (χ2v) is 3.01. The second kappa shape index (κ2) is 3.78. The van der Waals surface area contributed by atoms with E-state index in [4.69, 9.17) is 4.74 Å². The van der Waals surface area contributed by atoms with Crippen LogP contribution in [0.3, 0.4) is 0 Å². The maximum Gasteiger partial charge on any atom is 0.291 e. The first-order valence-corrected chi connectivity index (χ1v) is 4.18. The zero-order chi connectivity index (χ0) is 10.8. The summed E-state index contributed by atoms with van der Waals surface area (Å²) in [6, 6.07) is 4.27. The summed E-state index contributed by atoms with van der Waals surface area (Å²) in [5.74, 6) is -2.37. The molecule has 76 valence electrons. The molecule has 14 heavy (non-hydrogen) atoms. The molecule has 0 saturated carbocycles. The summed E-state index contributed by atoms with van der Waals surface area (Å²) < 4.78 is 31.3. The molecular formula is C11H12F2O. The van der Waals surface area contributed by atoms with Crippen LogP contribution in [0.4, 0.5) is 8.78 Å². The Labute approximate surface area is 82.0 Å². The highest BCUT2D eigenvalue weighted by molar-refractivity contribution is 5.38. The van der Waals surface area contributed by atoms with E-state index in [0.29, 0.717) is 17.4 Å². The molecule has 3 heteroatoms. The predicted octanol–water partition coefficient (Wildman–Crippen LogP) is 3.28. The molecule has 1 aromatic rings. The van der Waals surface area contributed by atoms with E-state index in [1.807, 2.05) is 0 Å². The first-order chi connectivity index (χ1) is 6.51. The normalized spacial score (nSPS) is 11.1. The fourth-order valence-electron chi connectivity index (χ4n) is 1.20. The summed E-state index contributed by atoms with van der Waals surface area (Å²) in [6.07, 6.45) is 0.633. The quantitative estimate of drug-likeness (QED) is 0.677. The number of aryl methyl sites for hydroxylation is 1. The largest absolute Gasteiger partial charge is 0.496 e. The van der Waals surface area contributed by atoms with Gasteiger partial charge in [-0.25, -0.2) is 0 Å². The Hall–Kier alpha value is -1.38. The van der Waals surface area contributed by atoms with Crippen molar-refractivity contribution in [3.8, 4) is 5.75 Å². The summed E-state index contributed by atoms with van der Waals surface area (Å²) in [5, 5.41) is 0. The van der Waals surface area contributed by atoms with Crippen LogP contribution in [0.15, 0.2) is 30.9 Å². The van der Waals surface area contributed by atoms with Crippen LogP contribution in [0, 0.1) is 6.92 Å². The monoisotopic (exact) mass is 198 g/mol. The molecular weight excluding hydrogens is 186 g/mol. The van der Waals surface area contributed by atoms with Crippen LogP contribution in [-0.4, -0.2) is 7.11 Å². The topological polar surface area (TPSA) is 9.23 Å². The highest BCUT2D eigenvalue weighted by Gasteiger charge is 2.27. The lowest BCUT2D eigenvalue weighted by Crippen LogP contribution is -2.09. The van der Waals surface area contributed by atoms with Gasteiger partial charge in [0.05, 0.1) is 7.11 Å². The van der Waals surface area contributed by atoms with Gasteiger partial charge >= 0.3 is 0 Å². The minimum absolute atomic E-state index is 0.0641. The number of allylic oxidation sites excluding steroid dienone is 1. The van der Waals surface area contributed by atoms with Crippen LogP contribution < -0.4 is 4.74 Å². The average molecular weight is 198 g/mol. The van der Waals surface area contributed by atoms with Crippen molar-refractivity contribution < 1.29 is 13.5 Å². The van der Waals surface area contributed by atoms with Crippen LogP contribution in [0.1, 0.15) is 11.1 Å². The van der Waals surface area contributed by atoms with Crippen molar-refractivity contribution in [2.45, 2.75) is 12.8 Å². The van der Waals surface area contributed by atoms with E-state index in [-0.39, 0.29) is 5.56 Å². The number of ether oxygens (including phenoxy) is 1. The van der Waals surface area contributed by atoms with Gasteiger partial charge in [-0.2, -0.15) is 8.78 Å². The molecule has 1 rings (SSSR count). The smallest absolute Gasteiger partial charge is 0.291 e. The lowest BCUT2D eigenvalue weighted by molar-refractivity contribution is 0.0524. The first kappa shape index (κ1) is 10.7. The summed E-state index contributed by atoms with van der Waals surface area (Å²) in [4.78, 5) is 0. The van der Waals surface area contributed by atoms with Gasteiger partial charge in [-0.3, -0.25) is 0 Å². The summed E-state index contributed by atoms with van der Waals surface area (Å²) in [7, 11) is 1.51. The molecule has 0 aliphatic carbocycles. The number of hydrogen-bond acceptors (Lipinski definition) is 1. The minimum atomic E-state index is -2.98. The molecule has 0 amide bonds. The number of rotatable bonds is 3. The average Bonchev–Trinajstić information content (AvgIpc) is 2.17. The Morgan fingerprint density at radius 3 is 2.50 bits per heavy atom. The third kappa shape index (κ3) is 1.92. The number of benzene rings is 1. The van der Waals surface area contributed by atoms with E-state index >= 15 is 0 Å². The number of halogens is 2. The molecule has 0 aliphatic rings. The van der Waals surface area contributed by atoms with Gasteiger partial charge < -0.3 is 4.74 Å². The van der Waals surface area contributed by atoms with Crippen LogP contribution in [0.25, 0.3) is 0 Å². The van der Waals surface area contributed by atoms with E-state index < -0.39 is 5.92 Å². The van der Waals surface area contributed by atoms with E-state index in [2.05, 4.69) is 6.58 Å². The van der Waals surface area contributed by atoms with Gasteiger partial charge in [0.15, 0.2) is 0 Å². The molecule has 0 spiro atoms. The second-order valence-electron chi connectivity index (χ2n) is 3.01. The molecule has 0 atom stereocenters. The maximum absolute atomic E-state index is 13.1. The van der Waals surface area contributed by atoms with Gasteiger partial charge in [0.1, 0.15) is 5.75 Å². The van der Waals surface area contributed by atoms with Crippen molar-refractivity contribution in [1.29, 1.82) is 0 Å². The van der Waals surface area contributed by atoms with Crippen molar-refractivity contribution >= 4 is 0 Å². The molecule has 0 unspecified atom stereocenters. The molecule has 0 fully saturated rings. The summed E-state index contributed by atoms with van der Waals surface area (Å²) >= 11 is 0. The molecule has 0 N–H and O–H groups in total. The Morgan fingerprint density at radius 1 is 1.43 bits per heavy atom. The van der Waals surface area contributed by atoms with Gasteiger partial charge in [0, 0.05) is 5.56 Å². The van der Waals surface area contributed by atoms with E-state index in [1.54, 1.807) is 6.92 Å². The van der Waals surface area contributed by atoms with Crippen molar-refractivity contribution in [2.75, 3.05) is 7.11 Å². The number of alkyl halides is 2. The van der Waals surface area contributed by atoms with Gasteiger partial charge in [-0.1, -0.05) is 6.58 Å². The SMILES string of the molecule is C=CC(F)(F)c1ccc(OC)c(C)c1. The molecule has 0 heterocycles. The fourth-order valence-corrected chi connectivity index (χ4v) is 1.20. The molecule has 0 bridgehead atoms. The van der Waals surface area contributed by atoms with Gasteiger partial charge in [0.2, 0.25) is 0 Å². The zero-order valence-corrected chi connectivity index (χ0v) is 8.18. The van der Waals surface area contributed by atoms with Gasteiger partial charge in [-0.05, 0) is 36.8 Å². The predicted molar refractivity (Wildman–Crippen MR) is 51.8 cm³/mol. The van der Waals surface area contributed by atoms with Gasteiger partial charge in [-0.15, -0.1) is 0 Å². The minimum Gasteiger partial charge on any atom is -0.496 e. The lowest BCUT2D eigenvalue weighted by atomic mass is 10.1. The van der Waals surface area contributed by atoms with E-state index in [9.17, 15) is 8.78 Å². The standard InChI is InChI=1S/C11H12F2O/c1-4-11(12,13)9-5-6-10(14-3)8(2)7-9/h4-7H,1H2,2-3H3. The fraction of sp³-hybridized carbons (Fsp3) is 0.273. The molecule has 0 aromatic heterocycles. The highest BCUT2D eigenvalue weighted by Crippen LogP contribution is 2.31. The van der Waals surface area contributed by atoms with Crippen LogP contribution in [-0.2, 0) is 5.92 Å². The lowest BCUT2D eigenvalue weighted by Gasteiger charge is -2.13. The number of hydrogen-bond donors (Lipinski definition) is 0. The number of methoxy groups -OCH3 is 1. The van der Waals surface area contributed by atoms with Crippen LogP contribution in [0.2, 0.25) is 0 Å². The molecule has 0 radical (unpaired) electrons. The molecule has 0 aliphatic heterocycles. The van der Waals surface area contributed by atoms with Crippen LogP contribution in [0.5, 0.6) is 5.75 Å². The summed E-state index contributed by atoms with van der Waals surface area (Å²) in [6.45, 7) is 4.82. The Morgan fingerprint density at radius 2 is 2.07 bits per heavy atom. The Bertz CT molecular complexity index is 345. The van der Waals surface area contributed by atoms with Crippen molar-refractivity contribution in [3.05, 3.63) is 42.0 Å². The van der Waals surface area contributed by atoms with Crippen molar-refractivity contribution in [3.63, 3.8) is 0 Å². The molecule has 1 aromatic carbocycles. The maximum atomic E-state index is 13.1. The Balaban J connectivity index is 3.15. The van der Waals surface area contributed by atoms with Crippen molar-refractivity contribution in [1.82, 2.24) is 0 Å². The third-order valence-electron chi connectivity index (χ3n) is 2.04. The third-order valence-corrected chi connectivity index (χ3v) is 2.04. The highest BCUT2D eigenvalue weighted by atomic mass is 19.3. The van der Waals surface area contributed by atoms with E-state index in [1.165, 1.54) is 25.3 Å². The Kier molecular flexibility index (Phi) is 2.89.